The summed E-state index contributed by atoms with van der Waals surface area (Å²) in [6.45, 7) is 11.5. The molecule has 0 radical (unpaired) electrons. The molecule has 1 fully saturated rings. The van der Waals surface area contributed by atoms with Crippen LogP contribution in [0.25, 0.3) is 0 Å². The summed E-state index contributed by atoms with van der Waals surface area (Å²) in [5, 5.41) is 0. The molecule has 1 heterocycles. The highest BCUT2D eigenvalue weighted by molar-refractivity contribution is 5.70. The molecule has 3 heteroatoms. The minimum atomic E-state index is -0.0463. The molecule has 132 valence electrons. The van der Waals surface area contributed by atoms with Crippen molar-refractivity contribution in [2.75, 3.05) is 26.2 Å². The summed E-state index contributed by atoms with van der Waals surface area (Å²) in [5.41, 5.74) is 0. The monoisotopic (exact) mass is 313 g/mol. The number of hydrogen-bond donors (Lipinski definition) is 0. The number of carbonyl (C=O) groups excluding carboxylic acids is 1. The van der Waals surface area contributed by atoms with Gasteiger partial charge in [-0.15, -0.1) is 0 Å². The van der Waals surface area contributed by atoms with Gasteiger partial charge in [-0.2, -0.15) is 0 Å². The highest BCUT2D eigenvalue weighted by atomic mass is 16.5. The quantitative estimate of drug-likeness (QED) is 0.367. The summed E-state index contributed by atoms with van der Waals surface area (Å²) >= 11 is 0. The second-order valence-electron chi connectivity index (χ2n) is 6.29. The molecule has 0 bridgehead atoms. The maximum atomic E-state index is 10.0. The first-order valence-corrected chi connectivity index (χ1v) is 9.62. The normalized spacial score (nSPS) is 13.9. The molecule has 22 heavy (non-hydrogen) atoms. The fourth-order valence-electron chi connectivity index (χ4n) is 2.57. The van der Waals surface area contributed by atoms with Gasteiger partial charge in [-0.05, 0) is 45.3 Å². The van der Waals surface area contributed by atoms with Crippen LogP contribution in [0.2, 0.25) is 0 Å². The number of hydrogen-bond acceptors (Lipinski definition) is 3. The van der Waals surface area contributed by atoms with Crippen LogP contribution in [-0.2, 0) is 9.53 Å². The van der Waals surface area contributed by atoms with Gasteiger partial charge in [-0.25, -0.2) is 0 Å². The number of cyclic esters (lactones) is 1. The molecule has 0 aliphatic carbocycles. The standard InChI is InChI=1S/C15H33N.C4H6O2/c1-4-7-10-13-16(14-11-8-5-2)15-12-9-6-3;5-4-2-1-3-6-4/h4-15H2,1-3H3;1-3H2. The predicted octanol–water partition coefficient (Wildman–Crippen LogP) is 5.18. The molecule has 0 N–H and O–H groups in total. The van der Waals surface area contributed by atoms with E-state index in [0.29, 0.717) is 13.0 Å². The zero-order valence-electron chi connectivity index (χ0n) is 15.4. The Morgan fingerprint density at radius 1 is 0.818 bits per heavy atom. The topological polar surface area (TPSA) is 29.5 Å². The Hall–Kier alpha value is -0.570. The Kier molecular flexibility index (Phi) is 16.4. The van der Waals surface area contributed by atoms with Crippen molar-refractivity contribution in [3.05, 3.63) is 0 Å². The van der Waals surface area contributed by atoms with Crippen molar-refractivity contribution < 1.29 is 9.53 Å². The van der Waals surface area contributed by atoms with Crippen LogP contribution in [0.1, 0.15) is 91.4 Å². The van der Waals surface area contributed by atoms with Gasteiger partial charge in [-0.3, -0.25) is 4.79 Å². The molecule has 3 nitrogen and oxygen atoms in total. The number of rotatable bonds is 12. The van der Waals surface area contributed by atoms with Crippen LogP contribution in [0, 0.1) is 0 Å². The second-order valence-corrected chi connectivity index (χ2v) is 6.29. The number of unbranched alkanes of at least 4 members (excludes halogenated alkanes) is 6. The van der Waals surface area contributed by atoms with E-state index < -0.39 is 0 Å². The molecule has 0 aromatic rings. The zero-order chi connectivity index (χ0) is 16.5. The fraction of sp³-hybridized carbons (Fsp3) is 0.947. The van der Waals surface area contributed by atoms with Crippen LogP contribution >= 0.6 is 0 Å². The Bertz CT molecular complexity index is 212. The first-order valence-electron chi connectivity index (χ1n) is 9.62. The molecule has 1 saturated heterocycles. The number of nitrogens with zero attached hydrogens (tertiary/aromatic N) is 1. The van der Waals surface area contributed by atoms with E-state index >= 15 is 0 Å². The Morgan fingerprint density at radius 2 is 1.27 bits per heavy atom. The lowest BCUT2D eigenvalue weighted by atomic mass is 10.2. The van der Waals surface area contributed by atoms with Gasteiger partial charge in [0.15, 0.2) is 0 Å². The molecule has 1 aliphatic heterocycles. The van der Waals surface area contributed by atoms with Gasteiger partial charge in [0, 0.05) is 6.42 Å². The number of carbonyl (C=O) groups is 1. The number of ether oxygens (including phenoxy) is 1. The first kappa shape index (κ1) is 21.4. The summed E-state index contributed by atoms with van der Waals surface area (Å²) in [5.74, 6) is -0.0463. The van der Waals surface area contributed by atoms with Gasteiger partial charge < -0.3 is 9.64 Å². The maximum absolute atomic E-state index is 10.0. The van der Waals surface area contributed by atoms with Crippen molar-refractivity contribution in [3.63, 3.8) is 0 Å². The molecular weight excluding hydrogens is 274 g/mol. The third kappa shape index (κ3) is 14.4. The number of esters is 1. The van der Waals surface area contributed by atoms with Crippen molar-refractivity contribution in [2.45, 2.75) is 91.4 Å². The average molecular weight is 314 g/mol. The van der Waals surface area contributed by atoms with Crippen LogP contribution in [-0.4, -0.2) is 37.1 Å². The molecule has 0 spiro atoms. The Balaban J connectivity index is 0.000000604. The van der Waals surface area contributed by atoms with E-state index in [9.17, 15) is 4.79 Å². The molecule has 0 atom stereocenters. The van der Waals surface area contributed by atoms with Gasteiger partial charge in [-0.1, -0.05) is 59.3 Å². The van der Waals surface area contributed by atoms with Gasteiger partial charge in [0.25, 0.3) is 0 Å². The van der Waals surface area contributed by atoms with Crippen molar-refractivity contribution in [1.29, 1.82) is 0 Å². The molecule has 0 aromatic heterocycles. The zero-order valence-corrected chi connectivity index (χ0v) is 15.4. The highest BCUT2D eigenvalue weighted by Crippen LogP contribution is 2.05. The van der Waals surface area contributed by atoms with Crippen LogP contribution < -0.4 is 0 Å². The van der Waals surface area contributed by atoms with E-state index in [-0.39, 0.29) is 5.97 Å². The third-order valence-electron chi connectivity index (χ3n) is 4.02. The van der Waals surface area contributed by atoms with Crippen LogP contribution in [0.4, 0.5) is 0 Å². The maximum Gasteiger partial charge on any atom is 0.305 e. The average Bonchev–Trinajstić information content (AvgIpc) is 2.99. The molecule has 1 rings (SSSR count). The molecule has 0 aromatic carbocycles. The molecule has 0 saturated carbocycles. The lowest BCUT2D eigenvalue weighted by molar-refractivity contribution is -0.137. The summed E-state index contributed by atoms with van der Waals surface area (Å²) < 4.78 is 4.51. The summed E-state index contributed by atoms with van der Waals surface area (Å²) in [6, 6.07) is 0. The Labute approximate surface area is 138 Å². The van der Waals surface area contributed by atoms with Gasteiger partial charge in [0.1, 0.15) is 0 Å². The first-order chi connectivity index (χ1) is 10.7. The molecule has 0 unspecified atom stereocenters. The van der Waals surface area contributed by atoms with E-state index in [1.807, 2.05) is 0 Å². The van der Waals surface area contributed by atoms with Crippen molar-refractivity contribution in [1.82, 2.24) is 4.90 Å². The van der Waals surface area contributed by atoms with Crippen molar-refractivity contribution in [2.24, 2.45) is 0 Å². The van der Waals surface area contributed by atoms with Gasteiger partial charge in [0.2, 0.25) is 0 Å². The Morgan fingerprint density at radius 3 is 1.50 bits per heavy atom. The summed E-state index contributed by atoms with van der Waals surface area (Å²) in [7, 11) is 0. The minimum Gasteiger partial charge on any atom is -0.466 e. The third-order valence-corrected chi connectivity index (χ3v) is 4.02. The van der Waals surface area contributed by atoms with Gasteiger partial charge >= 0.3 is 5.97 Å². The van der Waals surface area contributed by atoms with Gasteiger partial charge in [0.05, 0.1) is 6.61 Å². The summed E-state index contributed by atoms with van der Waals surface area (Å²) in [4.78, 5) is 12.7. The summed E-state index contributed by atoms with van der Waals surface area (Å²) in [6.07, 6.45) is 14.0. The van der Waals surface area contributed by atoms with E-state index in [2.05, 4.69) is 30.4 Å². The van der Waals surface area contributed by atoms with E-state index in [0.717, 1.165) is 6.42 Å². The SMILES string of the molecule is CCCCCN(CCCCC)CCCCC.O=C1CCCO1. The van der Waals surface area contributed by atoms with E-state index in [4.69, 9.17) is 0 Å². The largest absolute Gasteiger partial charge is 0.466 e. The van der Waals surface area contributed by atoms with E-state index in [1.54, 1.807) is 0 Å². The lowest BCUT2D eigenvalue weighted by Gasteiger charge is -2.22. The molecule has 0 amide bonds. The second kappa shape index (κ2) is 16.8. The smallest absolute Gasteiger partial charge is 0.305 e. The molecule has 1 aliphatic rings. The fourth-order valence-corrected chi connectivity index (χ4v) is 2.57. The molecular formula is C19H39NO2. The van der Waals surface area contributed by atoms with Crippen LogP contribution in [0.3, 0.4) is 0 Å². The van der Waals surface area contributed by atoms with Crippen LogP contribution in [0.5, 0.6) is 0 Å². The minimum absolute atomic E-state index is 0.0463. The van der Waals surface area contributed by atoms with Crippen molar-refractivity contribution >= 4 is 5.97 Å². The predicted molar refractivity (Wildman–Crippen MR) is 95.2 cm³/mol. The van der Waals surface area contributed by atoms with Crippen LogP contribution in [0.15, 0.2) is 0 Å². The highest BCUT2D eigenvalue weighted by Gasteiger charge is 2.08. The lowest BCUT2D eigenvalue weighted by Crippen LogP contribution is -2.27. The van der Waals surface area contributed by atoms with Crippen molar-refractivity contribution in [3.8, 4) is 0 Å². The van der Waals surface area contributed by atoms with E-state index in [1.165, 1.54) is 77.4 Å².